The Bertz CT molecular complexity index is 251. The fourth-order valence-corrected chi connectivity index (χ4v) is 1.34. The SMILES string of the molecule is CC1=CCC=C(COCC(F)(F)F)C1. The first-order valence-electron chi connectivity index (χ1n) is 4.45. The van der Waals surface area contributed by atoms with Crippen LogP contribution in [0.2, 0.25) is 0 Å². The van der Waals surface area contributed by atoms with Gasteiger partial charge < -0.3 is 4.74 Å². The van der Waals surface area contributed by atoms with E-state index in [4.69, 9.17) is 0 Å². The van der Waals surface area contributed by atoms with Crippen molar-refractivity contribution in [1.29, 1.82) is 0 Å². The summed E-state index contributed by atoms with van der Waals surface area (Å²) in [5.74, 6) is 0. The van der Waals surface area contributed by atoms with Gasteiger partial charge in [-0.3, -0.25) is 0 Å². The first-order valence-corrected chi connectivity index (χ1v) is 4.45. The van der Waals surface area contributed by atoms with Gasteiger partial charge in [-0.05, 0) is 25.3 Å². The number of rotatable bonds is 3. The zero-order valence-corrected chi connectivity index (χ0v) is 8.03. The lowest BCUT2D eigenvalue weighted by Gasteiger charge is -2.13. The van der Waals surface area contributed by atoms with E-state index in [0.717, 1.165) is 18.4 Å². The molecular weight excluding hydrogens is 193 g/mol. The second kappa shape index (κ2) is 4.64. The number of alkyl halides is 3. The van der Waals surface area contributed by atoms with Crippen LogP contribution in [0.25, 0.3) is 0 Å². The van der Waals surface area contributed by atoms with E-state index in [0.29, 0.717) is 0 Å². The number of hydrogen-bond donors (Lipinski definition) is 0. The quantitative estimate of drug-likeness (QED) is 0.644. The largest absolute Gasteiger partial charge is 0.411 e. The molecule has 0 N–H and O–H groups in total. The van der Waals surface area contributed by atoms with Crippen LogP contribution < -0.4 is 0 Å². The molecule has 0 radical (unpaired) electrons. The normalized spacial score (nSPS) is 17.7. The van der Waals surface area contributed by atoms with Crippen molar-refractivity contribution >= 4 is 0 Å². The molecule has 0 amide bonds. The van der Waals surface area contributed by atoms with E-state index in [2.05, 4.69) is 10.8 Å². The summed E-state index contributed by atoms with van der Waals surface area (Å²) in [6.07, 6.45) is 1.30. The van der Waals surface area contributed by atoms with Gasteiger partial charge in [0.15, 0.2) is 0 Å². The molecule has 1 aliphatic rings. The van der Waals surface area contributed by atoms with E-state index in [9.17, 15) is 13.2 Å². The smallest absolute Gasteiger partial charge is 0.368 e. The minimum Gasteiger partial charge on any atom is -0.368 e. The van der Waals surface area contributed by atoms with Crippen LogP contribution in [0.4, 0.5) is 13.2 Å². The monoisotopic (exact) mass is 206 g/mol. The molecule has 0 spiro atoms. The standard InChI is InChI=1S/C10H13F3O/c1-8-3-2-4-9(5-8)6-14-7-10(11,12)13/h3-4H,2,5-7H2,1H3. The Labute approximate surface area is 81.2 Å². The van der Waals surface area contributed by atoms with Crippen LogP contribution in [0.15, 0.2) is 23.3 Å². The molecular formula is C10H13F3O. The summed E-state index contributed by atoms with van der Waals surface area (Å²) >= 11 is 0. The van der Waals surface area contributed by atoms with Gasteiger partial charge in [-0.1, -0.05) is 17.7 Å². The highest BCUT2D eigenvalue weighted by molar-refractivity contribution is 5.21. The van der Waals surface area contributed by atoms with Crippen LogP contribution in [0.3, 0.4) is 0 Å². The highest BCUT2D eigenvalue weighted by Gasteiger charge is 2.27. The summed E-state index contributed by atoms with van der Waals surface area (Å²) < 4.78 is 39.8. The van der Waals surface area contributed by atoms with Gasteiger partial charge in [-0.2, -0.15) is 13.2 Å². The molecule has 0 aromatic carbocycles. The van der Waals surface area contributed by atoms with Crippen molar-refractivity contribution < 1.29 is 17.9 Å². The van der Waals surface area contributed by atoms with Crippen molar-refractivity contribution in [3.63, 3.8) is 0 Å². The van der Waals surface area contributed by atoms with E-state index in [-0.39, 0.29) is 6.61 Å². The zero-order chi connectivity index (χ0) is 10.6. The molecule has 0 atom stereocenters. The summed E-state index contributed by atoms with van der Waals surface area (Å²) in [5.41, 5.74) is 2.13. The van der Waals surface area contributed by atoms with Crippen molar-refractivity contribution in [2.24, 2.45) is 0 Å². The first kappa shape index (κ1) is 11.3. The Morgan fingerprint density at radius 2 is 2.07 bits per heavy atom. The Kier molecular flexibility index (Phi) is 3.75. The molecule has 14 heavy (non-hydrogen) atoms. The Morgan fingerprint density at radius 3 is 2.64 bits per heavy atom. The Morgan fingerprint density at radius 1 is 1.36 bits per heavy atom. The van der Waals surface area contributed by atoms with E-state index in [1.807, 2.05) is 13.0 Å². The fraction of sp³-hybridized carbons (Fsp3) is 0.600. The lowest BCUT2D eigenvalue weighted by Crippen LogP contribution is -2.18. The molecule has 1 rings (SSSR count). The third-order valence-electron chi connectivity index (χ3n) is 1.93. The van der Waals surface area contributed by atoms with Crippen LogP contribution >= 0.6 is 0 Å². The van der Waals surface area contributed by atoms with Gasteiger partial charge in [0.25, 0.3) is 0 Å². The predicted octanol–water partition coefficient (Wildman–Crippen LogP) is 3.23. The molecule has 80 valence electrons. The van der Waals surface area contributed by atoms with Crippen LogP contribution in [0.1, 0.15) is 19.8 Å². The number of halogens is 3. The Balaban J connectivity index is 2.23. The minimum atomic E-state index is -4.22. The molecule has 0 fully saturated rings. The van der Waals surface area contributed by atoms with Crippen LogP contribution in [-0.4, -0.2) is 19.4 Å². The topological polar surface area (TPSA) is 9.23 Å². The molecule has 0 saturated heterocycles. The molecule has 0 saturated carbocycles. The van der Waals surface area contributed by atoms with Crippen LogP contribution in [0, 0.1) is 0 Å². The molecule has 0 unspecified atom stereocenters. The number of ether oxygens (including phenoxy) is 1. The molecule has 1 aliphatic carbocycles. The van der Waals surface area contributed by atoms with Gasteiger partial charge in [-0.25, -0.2) is 0 Å². The van der Waals surface area contributed by atoms with Crippen molar-refractivity contribution in [2.45, 2.75) is 25.9 Å². The zero-order valence-electron chi connectivity index (χ0n) is 8.03. The fourth-order valence-electron chi connectivity index (χ4n) is 1.34. The van der Waals surface area contributed by atoms with Crippen molar-refractivity contribution in [3.05, 3.63) is 23.3 Å². The maximum absolute atomic E-state index is 11.7. The highest BCUT2D eigenvalue weighted by Crippen LogP contribution is 2.19. The lowest BCUT2D eigenvalue weighted by molar-refractivity contribution is -0.171. The summed E-state index contributed by atoms with van der Waals surface area (Å²) in [7, 11) is 0. The number of allylic oxidation sites excluding steroid dienone is 3. The van der Waals surface area contributed by atoms with E-state index in [1.165, 1.54) is 5.57 Å². The molecule has 0 bridgehead atoms. The van der Waals surface area contributed by atoms with E-state index >= 15 is 0 Å². The molecule has 4 heteroatoms. The lowest BCUT2D eigenvalue weighted by atomic mass is 10.0. The number of hydrogen-bond acceptors (Lipinski definition) is 1. The molecule has 0 aliphatic heterocycles. The highest BCUT2D eigenvalue weighted by atomic mass is 19.4. The molecule has 0 aromatic heterocycles. The predicted molar refractivity (Wildman–Crippen MR) is 47.9 cm³/mol. The summed E-state index contributed by atoms with van der Waals surface area (Å²) in [6, 6.07) is 0. The molecule has 1 nitrogen and oxygen atoms in total. The first-order chi connectivity index (χ1) is 6.47. The van der Waals surface area contributed by atoms with Crippen LogP contribution in [0.5, 0.6) is 0 Å². The minimum absolute atomic E-state index is 0.0880. The van der Waals surface area contributed by atoms with Gasteiger partial charge in [0, 0.05) is 0 Å². The molecule has 0 aromatic rings. The van der Waals surface area contributed by atoms with Crippen molar-refractivity contribution in [1.82, 2.24) is 0 Å². The summed E-state index contributed by atoms with van der Waals surface area (Å²) in [5, 5.41) is 0. The van der Waals surface area contributed by atoms with Crippen molar-refractivity contribution in [3.8, 4) is 0 Å². The Hall–Kier alpha value is -0.770. The van der Waals surface area contributed by atoms with Gasteiger partial charge in [0.05, 0.1) is 6.61 Å². The van der Waals surface area contributed by atoms with Gasteiger partial charge >= 0.3 is 6.18 Å². The van der Waals surface area contributed by atoms with Gasteiger partial charge in [0.1, 0.15) is 6.61 Å². The van der Waals surface area contributed by atoms with Crippen molar-refractivity contribution in [2.75, 3.05) is 13.2 Å². The van der Waals surface area contributed by atoms with E-state index < -0.39 is 12.8 Å². The van der Waals surface area contributed by atoms with Gasteiger partial charge in [-0.15, -0.1) is 0 Å². The summed E-state index contributed by atoms with van der Waals surface area (Å²) in [4.78, 5) is 0. The van der Waals surface area contributed by atoms with E-state index in [1.54, 1.807) is 0 Å². The molecule has 0 heterocycles. The third kappa shape index (κ3) is 4.46. The van der Waals surface area contributed by atoms with Gasteiger partial charge in [0.2, 0.25) is 0 Å². The average molecular weight is 206 g/mol. The third-order valence-corrected chi connectivity index (χ3v) is 1.93. The maximum atomic E-state index is 11.7. The average Bonchev–Trinajstić information content (AvgIpc) is 2.01. The summed E-state index contributed by atoms with van der Waals surface area (Å²) in [6.45, 7) is 0.897. The second-order valence-electron chi connectivity index (χ2n) is 3.43. The maximum Gasteiger partial charge on any atom is 0.411 e. The van der Waals surface area contributed by atoms with Crippen LogP contribution in [-0.2, 0) is 4.74 Å². The second-order valence-corrected chi connectivity index (χ2v) is 3.43.